The lowest BCUT2D eigenvalue weighted by Gasteiger charge is -2.28. The Balaban J connectivity index is 1.54. The summed E-state index contributed by atoms with van der Waals surface area (Å²) in [6.45, 7) is 4.96. The highest BCUT2D eigenvalue weighted by Crippen LogP contribution is 2.23. The third kappa shape index (κ3) is 4.64. The second-order valence-corrected chi connectivity index (χ2v) is 6.63. The first kappa shape index (κ1) is 16.6. The average molecular weight is 327 g/mol. The van der Waals surface area contributed by atoms with E-state index in [1.807, 2.05) is 24.3 Å². The summed E-state index contributed by atoms with van der Waals surface area (Å²) in [5.41, 5.74) is 1.93. The first-order chi connectivity index (χ1) is 11.7. The van der Waals surface area contributed by atoms with Crippen LogP contribution in [0.1, 0.15) is 31.7 Å². The summed E-state index contributed by atoms with van der Waals surface area (Å²) in [6.07, 6.45) is 6.20. The summed E-state index contributed by atoms with van der Waals surface area (Å²) < 4.78 is 1.76. The minimum atomic E-state index is 0.0889. The zero-order valence-corrected chi connectivity index (χ0v) is 14.1. The van der Waals surface area contributed by atoms with Gasteiger partial charge >= 0.3 is 0 Å². The fraction of sp³-hybridized carbons (Fsp3) is 0.500. The Morgan fingerprint density at radius 2 is 2.42 bits per heavy atom. The van der Waals surface area contributed by atoms with E-state index in [2.05, 4.69) is 27.6 Å². The van der Waals surface area contributed by atoms with Crippen LogP contribution < -0.4 is 10.6 Å². The number of carbonyl (C=O) groups excluding carboxylic acids is 1. The molecule has 6 heteroatoms. The molecule has 6 nitrogen and oxygen atoms in total. The van der Waals surface area contributed by atoms with Gasteiger partial charge in [-0.25, -0.2) is 9.67 Å². The Labute approximate surface area is 142 Å². The molecule has 1 aromatic carbocycles. The molecule has 1 fully saturated rings. The van der Waals surface area contributed by atoms with Gasteiger partial charge in [-0.15, -0.1) is 0 Å². The Morgan fingerprint density at radius 3 is 3.17 bits per heavy atom. The van der Waals surface area contributed by atoms with Crippen LogP contribution in [0.4, 0.5) is 5.69 Å². The lowest BCUT2D eigenvalue weighted by Crippen LogP contribution is -2.34. The van der Waals surface area contributed by atoms with Gasteiger partial charge in [-0.2, -0.15) is 5.10 Å². The van der Waals surface area contributed by atoms with Crippen molar-refractivity contribution in [1.29, 1.82) is 0 Å². The molecule has 0 radical (unpaired) electrons. The van der Waals surface area contributed by atoms with E-state index in [4.69, 9.17) is 0 Å². The standard InChI is InChI=1S/C18H25N5O/c1-14(16-5-3-7-19-10-16)8-18(24)22-17-6-2-4-15(9-17)11-23-13-20-12-21-23/h2,4,6,9,12-14,16,19H,3,5,7-8,10-11H2,1H3,(H,22,24). The molecule has 1 aromatic heterocycles. The predicted molar refractivity (Wildman–Crippen MR) is 93.6 cm³/mol. The Morgan fingerprint density at radius 1 is 1.50 bits per heavy atom. The number of aromatic nitrogens is 3. The van der Waals surface area contributed by atoms with Crippen molar-refractivity contribution in [1.82, 2.24) is 20.1 Å². The van der Waals surface area contributed by atoms with E-state index in [1.54, 1.807) is 11.0 Å². The van der Waals surface area contributed by atoms with Crippen molar-refractivity contribution < 1.29 is 4.79 Å². The Hall–Kier alpha value is -2.21. The number of hydrogen-bond acceptors (Lipinski definition) is 4. The van der Waals surface area contributed by atoms with Crippen molar-refractivity contribution in [2.45, 2.75) is 32.7 Å². The topological polar surface area (TPSA) is 71.8 Å². The van der Waals surface area contributed by atoms with E-state index in [0.717, 1.165) is 24.3 Å². The molecule has 1 aliphatic rings. The number of amides is 1. The van der Waals surface area contributed by atoms with Gasteiger partial charge in [0.1, 0.15) is 12.7 Å². The lowest BCUT2D eigenvalue weighted by atomic mass is 9.85. The minimum absolute atomic E-state index is 0.0889. The minimum Gasteiger partial charge on any atom is -0.326 e. The normalized spacial score (nSPS) is 19.0. The maximum absolute atomic E-state index is 12.3. The smallest absolute Gasteiger partial charge is 0.224 e. The first-order valence-corrected chi connectivity index (χ1v) is 8.62. The van der Waals surface area contributed by atoms with E-state index in [0.29, 0.717) is 24.8 Å². The number of carbonyl (C=O) groups is 1. The molecule has 1 amide bonds. The molecule has 1 aliphatic heterocycles. The number of nitrogens with zero attached hydrogens (tertiary/aromatic N) is 3. The summed E-state index contributed by atoms with van der Waals surface area (Å²) in [7, 11) is 0. The second kappa shape index (κ2) is 8.06. The molecule has 0 saturated carbocycles. The van der Waals surface area contributed by atoms with E-state index < -0.39 is 0 Å². The summed E-state index contributed by atoms with van der Waals surface area (Å²) in [6, 6.07) is 7.89. The molecule has 1 saturated heterocycles. The molecule has 2 atom stereocenters. The fourth-order valence-corrected chi connectivity index (χ4v) is 3.28. The number of piperidine rings is 1. The third-order valence-electron chi connectivity index (χ3n) is 4.67. The van der Waals surface area contributed by atoms with Gasteiger partial charge in [0.25, 0.3) is 0 Å². The van der Waals surface area contributed by atoms with Gasteiger partial charge in [-0.1, -0.05) is 19.1 Å². The zero-order chi connectivity index (χ0) is 16.8. The van der Waals surface area contributed by atoms with Crippen molar-refractivity contribution in [3.63, 3.8) is 0 Å². The highest BCUT2D eigenvalue weighted by molar-refractivity contribution is 5.90. The van der Waals surface area contributed by atoms with Crippen molar-refractivity contribution >= 4 is 11.6 Å². The first-order valence-electron chi connectivity index (χ1n) is 8.62. The van der Waals surface area contributed by atoms with E-state index in [-0.39, 0.29) is 5.91 Å². The third-order valence-corrected chi connectivity index (χ3v) is 4.67. The van der Waals surface area contributed by atoms with E-state index >= 15 is 0 Å². The van der Waals surface area contributed by atoms with E-state index in [1.165, 1.54) is 19.2 Å². The summed E-state index contributed by atoms with van der Waals surface area (Å²) in [5, 5.41) is 10.6. The van der Waals surface area contributed by atoms with Gasteiger partial charge in [-0.05, 0) is 55.5 Å². The number of rotatable bonds is 6. The highest BCUT2D eigenvalue weighted by Gasteiger charge is 2.22. The van der Waals surface area contributed by atoms with Gasteiger partial charge in [0.15, 0.2) is 0 Å². The van der Waals surface area contributed by atoms with Crippen LogP contribution in [0.3, 0.4) is 0 Å². The largest absolute Gasteiger partial charge is 0.326 e. The van der Waals surface area contributed by atoms with Crippen LogP contribution in [-0.2, 0) is 11.3 Å². The molecule has 3 rings (SSSR count). The molecule has 2 heterocycles. The maximum Gasteiger partial charge on any atom is 0.224 e. The van der Waals surface area contributed by atoms with Crippen LogP contribution >= 0.6 is 0 Å². The SMILES string of the molecule is CC(CC(=O)Nc1cccc(Cn2cncn2)c1)C1CCCNC1. The van der Waals surface area contributed by atoms with Crippen molar-refractivity contribution in [3.05, 3.63) is 42.5 Å². The van der Waals surface area contributed by atoms with Gasteiger partial charge in [0.2, 0.25) is 5.91 Å². The molecule has 0 aliphatic carbocycles. The second-order valence-electron chi connectivity index (χ2n) is 6.63. The van der Waals surface area contributed by atoms with Crippen LogP contribution in [0, 0.1) is 11.8 Å². The summed E-state index contributed by atoms with van der Waals surface area (Å²) in [4.78, 5) is 16.3. The van der Waals surface area contributed by atoms with Gasteiger partial charge in [0, 0.05) is 12.1 Å². The molecular weight excluding hydrogens is 302 g/mol. The lowest BCUT2D eigenvalue weighted by molar-refractivity contribution is -0.117. The summed E-state index contributed by atoms with van der Waals surface area (Å²) in [5.74, 6) is 1.09. The predicted octanol–water partition coefficient (Wildman–Crippen LogP) is 2.29. The highest BCUT2D eigenvalue weighted by atomic mass is 16.1. The Bertz CT molecular complexity index is 649. The van der Waals surface area contributed by atoms with Crippen molar-refractivity contribution in [2.75, 3.05) is 18.4 Å². The number of nitrogens with one attached hydrogen (secondary N) is 2. The van der Waals surface area contributed by atoms with E-state index in [9.17, 15) is 4.79 Å². The number of anilines is 1. The average Bonchev–Trinajstić information content (AvgIpc) is 3.09. The zero-order valence-electron chi connectivity index (χ0n) is 14.1. The molecule has 2 aromatic rings. The summed E-state index contributed by atoms with van der Waals surface area (Å²) >= 11 is 0. The Kier molecular flexibility index (Phi) is 5.59. The molecule has 2 N–H and O–H groups in total. The van der Waals surface area contributed by atoms with Crippen molar-refractivity contribution in [2.24, 2.45) is 11.8 Å². The van der Waals surface area contributed by atoms with Crippen LogP contribution in [0.15, 0.2) is 36.9 Å². The molecule has 128 valence electrons. The van der Waals surface area contributed by atoms with Crippen LogP contribution in [0.2, 0.25) is 0 Å². The van der Waals surface area contributed by atoms with Gasteiger partial charge < -0.3 is 10.6 Å². The maximum atomic E-state index is 12.3. The number of hydrogen-bond donors (Lipinski definition) is 2. The quantitative estimate of drug-likeness (QED) is 0.854. The fourth-order valence-electron chi connectivity index (χ4n) is 3.28. The van der Waals surface area contributed by atoms with Gasteiger partial charge in [-0.3, -0.25) is 4.79 Å². The van der Waals surface area contributed by atoms with Crippen LogP contribution in [-0.4, -0.2) is 33.8 Å². The van der Waals surface area contributed by atoms with Crippen LogP contribution in [0.5, 0.6) is 0 Å². The van der Waals surface area contributed by atoms with Gasteiger partial charge in [0.05, 0.1) is 6.54 Å². The molecule has 2 unspecified atom stereocenters. The molecule has 0 spiro atoms. The number of benzene rings is 1. The molecular formula is C18H25N5O. The van der Waals surface area contributed by atoms with Crippen LogP contribution in [0.25, 0.3) is 0 Å². The molecule has 24 heavy (non-hydrogen) atoms. The monoisotopic (exact) mass is 327 g/mol. The molecule has 0 bridgehead atoms. The van der Waals surface area contributed by atoms with Crippen molar-refractivity contribution in [3.8, 4) is 0 Å².